The summed E-state index contributed by atoms with van der Waals surface area (Å²) in [5.41, 5.74) is 3.37. The third kappa shape index (κ3) is 3.63. The second kappa shape index (κ2) is 7.46. The number of para-hydroxylation sites is 2. The zero-order valence-corrected chi connectivity index (χ0v) is 15.8. The molecule has 1 fully saturated rings. The summed E-state index contributed by atoms with van der Waals surface area (Å²) in [6.07, 6.45) is 11.0. The van der Waals surface area contributed by atoms with Gasteiger partial charge in [0.15, 0.2) is 0 Å². The molecule has 5 rings (SSSR count). The molecular weight excluding hydrogens is 348 g/mol. The molecule has 3 aromatic heterocycles. The van der Waals surface area contributed by atoms with Gasteiger partial charge in [-0.2, -0.15) is 0 Å². The molecule has 4 heterocycles. The van der Waals surface area contributed by atoms with Crippen LogP contribution in [0.2, 0.25) is 0 Å². The van der Waals surface area contributed by atoms with Crippen LogP contribution in [0, 0.1) is 5.92 Å². The number of hydrogen-bond acceptors (Lipinski definition) is 4. The third-order valence-corrected chi connectivity index (χ3v) is 5.50. The fourth-order valence-corrected chi connectivity index (χ4v) is 4.10. The molecular formula is C22H24N6. The SMILES string of the molecule is c1ccc2[nH]c(C[C@H]3CCCN(c4ccc(Cn5ccnc5)cn4)C3)nc2c1. The Morgan fingerprint density at radius 3 is 2.93 bits per heavy atom. The molecule has 1 atom stereocenters. The average molecular weight is 372 g/mol. The van der Waals surface area contributed by atoms with E-state index in [9.17, 15) is 0 Å². The summed E-state index contributed by atoms with van der Waals surface area (Å²) in [4.78, 5) is 19.5. The Kier molecular flexibility index (Phi) is 4.53. The van der Waals surface area contributed by atoms with Crippen molar-refractivity contribution in [3.05, 3.63) is 72.7 Å². The van der Waals surface area contributed by atoms with E-state index in [0.29, 0.717) is 5.92 Å². The Balaban J connectivity index is 1.24. The maximum absolute atomic E-state index is 4.75. The number of hydrogen-bond donors (Lipinski definition) is 1. The zero-order valence-electron chi connectivity index (χ0n) is 15.8. The molecule has 0 bridgehead atoms. The van der Waals surface area contributed by atoms with Gasteiger partial charge in [-0.25, -0.2) is 15.0 Å². The quantitative estimate of drug-likeness (QED) is 0.581. The zero-order chi connectivity index (χ0) is 18.8. The topological polar surface area (TPSA) is 62.6 Å². The minimum Gasteiger partial charge on any atom is -0.356 e. The molecule has 0 aliphatic carbocycles. The molecule has 0 unspecified atom stereocenters. The van der Waals surface area contributed by atoms with E-state index in [0.717, 1.165) is 48.7 Å². The molecule has 4 aromatic rings. The van der Waals surface area contributed by atoms with Gasteiger partial charge in [-0.15, -0.1) is 0 Å². The molecule has 1 aromatic carbocycles. The van der Waals surface area contributed by atoms with Crippen molar-refractivity contribution in [1.82, 2.24) is 24.5 Å². The Morgan fingerprint density at radius 1 is 1.14 bits per heavy atom. The maximum Gasteiger partial charge on any atom is 0.128 e. The fraction of sp³-hybridized carbons (Fsp3) is 0.318. The van der Waals surface area contributed by atoms with Gasteiger partial charge in [0.05, 0.1) is 17.4 Å². The Hall–Kier alpha value is -3.15. The number of aromatic nitrogens is 5. The number of nitrogens with one attached hydrogen (secondary N) is 1. The van der Waals surface area contributed by atoms with Crippen LogP contribution in [0.1, 0.15) is 24.2 Å². The summed E-state index contributed by atoms with van der Waals surface area (Å²) in [6, 6.07) is 12.6. The van der Waals surface area contributed by atoms with Crippen molar-refractivity contribution in [1.29, 1.82) is 0 Å². The van der Waals surface area contributed by atoms with Crippen molar-refractivity contribution in [2.75, 3.05) is 18.0 Å². The first-order chi connectivity index (χ1) is 13.8. The summed E-state index contributed by atoms with van der Waals surface area (Å²) in [5, 5.41) is 0. The monoisotopic (exact) mass is 372 g/mol. The summed E-state index contributed by atoms with van der Waals surface area (Å²) in [6.45, 7) is 2.91. The first-order valence-corrected chi connectivity index (χ1v) is 9.93. The molecule has 0 amide bonds. The van der Waals surface area contributed by atoms with E-state index < -0.39 is 0 Å². The summed E-state index contributed by atoms with van der Waals surface area (Å²) in [7, 11) is 0. The van der Waals surface area contributed by atoms with Gasteiger partial charge in [0.1, 0.15) is 11.6 Å². The summed E-state index contributed by atoms with van der Waals surface area (Å²) < 4.78 is 2.06. The number of benzene rings is 1. The van der Waals surface area contributed by atoms with Gasteiger partial charge < -0.3 is 14.5 Å². The van der Waals surface area contributed by atoms with Crippen molar-refractivity contribution >= 4 is 16.9 Å². The predicted molar refractivity (Wildman–Crippen MR) is 110 cm³/mol. The highest BCUT2D eigenvalue weighted by Crippen LogP contribution is 2.24. The van der Waals surface area contributed by atoms with E-state index in [1.807, 2.05) is 24.8 Å². The molecule has 1 saturated heterocycles. The molecule has 1 N–H and O–H groups in total. The highest BCUT2D eigenvalue weighted by Gasteiger charge is 2.22. The van der Waals surface area contributed by atoms with E-state index in [1.165, 1.54) is 18.4 Å². The number of anilines is 1. The first-order valence-electron chi connectivity index (χ1n) is 9.93. The van der Waals surface area contributed by atoms with Crippen LogP contribution in [0.5, 0.6) is 0 Å². The van der Waals surface area contributed by atoms with Crippen LogP contribution in [-0.4, -0.2) is 37.6 Å². The molecule has 0 saturated carbocycles. The third-order valence-electron chi connectivity index (χ3n) is 5.50. The maximum atomic E-state index is 4.75. The lowest BCUT2D eigenvalue weighted by molar-refractivity contribution is 0.406. The Labute approximate surface area is 164 Å². The van der Waals surface area contributed by atoms with Gasteiger partial charge >= 0.3 is 0 Å². The Bertz CT molecular complexity index is 1000. The largest absolute Gasteiger partial charge is 0.356 e. The van der Waals surface area contributed by atoms with E-state index >= 15 is 0 Å². The van der Waals surface area contributed by atoms with E-state index in [4.69, 9.17) is 9.97 Å². The van der Waals surface area contributed by atoms with E-state index in [2.05, 4.69) is 49.8 Å². The molecule has 142 valence electrons. The second-order valence-electron chi connectivity index (χ2n) is 7.62. The Morgan fingerprint density at radius 2 is 2.11 bits per heavy atom. The number of imidazole rings is 2. The number of rotatable bonds is 5. The molecule has 28 heavy (non-hydrogen) atoms. The number of fused-ring (bicyclic) bond motifs is 1. The molecule has 6 heteroatoms. The summed E-state index contributed by atoms with van der Waals surface area (Å²) >= 11 is 0. The first kappa shape index (κ1) is 17.0. The number of aromatic amines is 1. The van der Waals surface area contributed by atoms with Crippen LogP contribution < -0.4 is 4.90 Å². The van der Waals surface area contributed by atoms with Gasteiger partial charge in [-0.3, -0.25) is 0 Å². The lowest BCUT2D eigenvalue weighted by atomic mass is 9.94. The lowest BCUT2D eigenvalue weighted by Gasteiger charge is -2.33. The molecule has 0 spiro atoms. The van der Waals surface area contributed by atoms with Crippen molar-refractivity contribution in [2.45, 2.75) is 25.8 Å². The van der Waals surface area contributed by atoms with Crippen LogP contribution in [0.15, 0.2) is 61.3 Å². The summed E-state index contributed by atoms with van der Waals surface area (Å²) in [5.74, 6) is 2.77. The van der Waals surface area contributed by atoms with E-state index in [-0.39, 0.29) is 0 Å². The minimum absolute atomic E-state index is 0.599. The highest BCUT2D eigenvalue weighted by molar-refractivity contribution is 5.74. The average Bonchev–Trinajstić information content (AvgIpc) is 3.38. The predicted octanol–water partition coefficient (Wildman–Crippen LogP) is 3.66. The molecule has 6 nitrogen and oxygen atoms in total. The molecule has 1 aliphatic rings. The van der Waals surface area contributed by atoms with Gasteiger partial charge in [0.25, 0.3) is 0 Å². The fourth-order valence-electron chi connectivity index (χ4n) is 4.10. The number of piperidine rings is 1. The minimum atomic E-state index is 0.599. The van der Waals surface area contributed by atoms with Crippen molar-refractivity contribution in [2.24, 2.45) is 5.92 Å². The van der Waals surface area contributed by atoms with Crippen LogP contribution in [0.25, 0.3) is 11.0 Å². The van der Waals surface area contributed by atoms with E-state index in [1.54, 1.807) is 6.20 Å². The van der Waals surface area contributed by atoms with Gasteiger partial charge in [0.2, 0.25) is 0 Å². The van der Waals surface area contributed by atoms with Crippen molar-refractivity contribution in [3.63, 3.8) is 0 Å². The molecule has 1 aliphatic heterocycles. The van der Waals surface area contributed by atoms with Crippen molar-refractivity contribution in [3.8, 4) is 0 Å². The highest BCUT2D eigenvalue weighted by atomic mass is 15.2. The van der Waals surface area contributed by atoms with Gasteiger partial charge in [-0.05, 0) is 42.5 Å². The van der Waals surface area contributed by atoms with Crippen molar-refractivity contribution < 1.29 is 0 Å². The standard InChI is InChI=1S/C22H24N6/c1-2-6-20-19(5-1)25-21(26-20)12-17-4-3-10-28(15-17)22-8-7-18(13-24-22)14-27-11-9-23-16-27/h1-2,5-9,11,13,16-17H,3-4,10,12,14-15H2,(H,25,26)/t17-/m1/s1. The van der Waals surface area contributed by atoms with Crippen LogP contribution in [-0.2, 0) is 13.0 Å². The molecule has 0 radical (unpaired) electrons. The number of nitrogens with zero attached hydrogens (tertiary/aromatic N) is 5. The second-order valence-corrected chi connectivity index (χ2v) is 7.62. The van der Waals surface area contributed by atoms with Gasteiger partial charge in [0, 0.05) is 44.6 Å². The lowest BCUT2D eigenvalue weighted by Crippen LogP contribution is -2.36. The smallest absolute Gasteiger partial charge is 0.128 e. The van der Waals surface area contributed by atoms with Gasteiger partial charge in [-0.1, -0.05) is 18.2 Å². The van der Waals surface area contributed by atoms with Crippen LogP contribution in [0.3, 0.4) is 0 Å². The van der Waals surface area contributed by atoms with Crippen LogP contribution >= 0.6 is 0 Å². The number of pyridine rings is 1. The number of H-pyrrole nitrogens is 1. The van der Waals surface area contributed by atoms with Crippen LogP contribution in [0.4, 0.5) is 5.82 Å². The normalized spacial score (nSPS) is 17.3.